The lowest BCUT2D eigenvalue weighted by Gasteiger charge is -2.03. The number of nitrogens with two attached hydrogens (primary N) is 1. The number of imidazole rings is 1. The molecule has 90 valence electrons. The second-order valence-electron chi connectivity index (χ2n) is 4.23. The number of benzene rings is 1. The Morgan fingerprint density at radius 2 is 2.11 bits per heavy atom. The topological polar surface area (TPSA) is 76.7 Å². The highest BCUT2D eigenvalue weighted by Crippen LogP contribution is 2.17. The first-order chi connectivity index (χ1) is 8.65. The number of aromatic nitrogens is 3. The molecule has 1 aromatic carbocycles. The minimum absolute atomic E-state index is 0.214. The quantitative estimate of drug-likeness (QED) is 0.634. The lowest BCUT2D eigenvalue weighted by atomic mass is 10.2. The van der Waals surface area contributed by atoms with Crippen LogP contribution in [0.2, 0.25) is 0 Å². The van der Waals surface area contributed by atoms with Gasteiger partial charge in [0.05, 0.1) is 11.0 Å². The minimum atomic E-state index is -0.214. The van der Waals surface area contributed by atoms with Crippen LogP contribution in [0.1, 0.15) is 5.56 Å². The van der Waals surface area contributed by atoms with Crippen molar-refractivity contribution < 1.29 is 0 Å². The molecule has 0 amide bonds. The number of nitrogens with zero attached hydrogens (tertiary/aromatic N) is 2. The first-order valence-electron chi connectivity index (χ1n) is 5.58. The third-order valence-corrected chi connectivity index (χ3v) is 2.84. The molecule has 0 fully saturated rings. The van der Waals surface area contributed by atoms with Gasteiger partial charge in [0.1, 0.15) is 5.82 Å². The van der Waals surface area contributed by atoms with Crippen molar-refractivity contribution in [1.29, 1.82) is 0 Å². The van der Waals surface area contributed by atoms with E-state index in [9.17, 15) is 4.79 Å². The molecule has 0 aliphatic rings. The molecule has 0 aliphatic carbocycles. The molecule has 5 nitrogen and oxygen atoms in total. The number of nitrogens with one attached hydrogen (secondary N) is 1. The number of aromatic amines is 1. The van der Waals surface area contributed by atoms with Gasteiger partial charge < -0.3 is 10.7 Å². The van der Waals surface area contributed by atoms with E-state index in [0.717, 1.165) is 11.1 Å². The second kappa shape index (κ2) is 3.73. The maximum atomic E-state index is 12.0. The smallest absolute Gasteiger partial charge is 0.332 e. The number of aryl methyl sites for hydroxylation is 1. The zero-order chi connectivity index (χ0) is 12.7. The highest BCUT2D eigenvalue weighted by Gasteiger charge is 2.09. The van der Waals surface area contributed by atoms with Gasteiger partial charge in [-0.15, -0.1) is 0 Å². The van der Waals surface area contributed by atoms with Crippen LogP contribution in [0.25, 0.3) is 16.9 Å². The van der Waals surface area contributed by atoms with Crippen molar-refractivity contribution in [2.45, 2.75) is 6.92 Å². The van der Waals surface area contributed by atoms with Gasteiger partial charge in [0, 0.05) is 11.9 Å². The summed E-state index contributed by atoms with van der Waals surface area (Å²) in [6.45, 7) is 1.96. The van der Waals surface area contributed by atoms with Gasteiger partial charge in [-0.25, -0.2) is 14.3 Å². The van der Waals surface area contributed by atoms with Crippen LogP contribution in [0.3, 0.4) is 0 Å². The van der Waals surface area contributed by atoms with E-state index in [4.69, 9.17) is 5.73 Å². The number of nitrogen functional groups attached to an aromatic ring is 1. The van der Waals surface area contributed by atoms with E-state index in [1.165, 1.54) is 0 Å². The molecule has 0 aliphatic heterocycles. The highest BCUT2D eigenvalue weighted by molar-refractivity contribution is 5.80. The monoisotopic (exact) mass is 240 g/mol. The Hall–Kier alpha value is -2.56. The first kappa shape index (κ1) is 10.6. The number of anilines is 1. The summed E-state index contributed by atoms with van der Waals surface area (Å²) >= 11 is 0. The zero-order valence-electron chi connectivity index (χ0n) is 9.84. The maximum absolute atomic E-state index is 12.0. The lowest BCUT2D eigenvalue weighted by molar-refractivity contribution is 0.962. The summed E-state index contributed by atoms with van der Waals surface area (Å²) in [4.78, 5) is 19.0. The molecule has 0 saturated carbocycles. The molecule has 0 bridgehead atoms. The van der Waals surface area contributed by atoms with E-state index >= 15 is 0 Å². The molecule has 5 heteroatoms. The molecular formula is C13H12N4O. The van der Waals surface area contributed by atoms with Crippen LogP contribution < -0.4 is 11.4 Å². The fraction of sp³-hybridized carbons (Fsp3) is 0.0769. The second-order valence-corrected chi connectivity index (χ2v) is 4.23. The zero-order valence-corrected chi connectivity index (χ0v) is 9.84. The molecule has 2 aromatic heterocycles. The van der Waals surface area contributed by atoms with E-state index in [2.05, 4.69) is 9.97 Å². The molecule has 3 rings (SSSR count). The summed E-state index contributed by atoms with van der Waals surface area (Å²) in [6, 6.07) is 9.07. The Morgan fingerprint density at radius 1 is 1.28 bits per heavy atom. The molecule has 18 heavy (non-hydrogen) atoms. The summed E-state index contributed by atoms with van der Waals surface area (Å²) in [5.41, 5.74) is 8.64. The predicted molar refractivity (Wildman–Crippen MR) is 70.8 cm³/mol. The molecule has 3 aromatic rings. The van der Waals surface area contributed by atoms with E-state index < -0.39 is 0 Å². The van der Waals surface area contributed by atoms with Crippen LogP contribution in [0, 0.1) is 6.92 Å². The minimum Gasteiger partial charge on any atom is -0.399 e. The van der Waals surface area contributed by atoms with Crippen molar-refractivity contribution in [2.75, 3.05) is 5.73 Å². The average Bonchev–Trinajstić information content (AvgIpc) is 2.64. The van der Waals surface area contributed by atoms with Crippen molar-refractivity contribution in [2.24, 2.45) is 0 Å². The van der Waals surface area contributed by atoms with Crippen molar-refractivity contribution in [3.05, 3.63) is 52.6 Å². The maximum Gasteiger partial charge on any atom is 0.332 e. The predicted octanol–water partition coefficient (Wildman–Crippen LogP) is 1.60. The van der Waals surface area contributed by atoms with Crippen LogP contribution in [-0.4, -0.2) is 14.5 Å². The first-order valence-corrected chi connectivity index (χ1v) is 5.58. The molecule has 0 radical (unpaired) electrons. The number of rotatable bonds is 1. The Balaban J connectivity index is 2.35. The van der Waals surface area contributed by atoms with Crippen LogP contribution in [0.5, 0.6) is 0 Å². The van der Waals surface area contributed by atoms with Crippen molar-refractivity contribution in [3.63, 3.8) is 0 Å². The van der Waals surface area contributed by atoms with Gasteiger partial charge in [-0.3, -0.25) is 0 Å². The van der Waals surface area contributed by atoms with Crippen molar-refractivity contribution >= 4 is 16.7 Å². The molecule has 0 spiro atoms. The normalized spacial score (nSPS) is 10.9. The van der Waals surface area contributed by atoms with E-state index in [1.807, 2.05) is 25.1 Å². The van der Waals surface area contributed by atoms with Gasteiger partial charge in [-0.1, -0.05) is 0 Å². The Labute approximate surface area is 103 Å². The van der Waals surface area contributed by atoms with Gasteiger partial charge in [0.15, 0.2) is 0 Å². The van der Waals surface area contributed by atoms with Gasteiger partial charge in [-0.2, -0.15) is 0 Å². The molecule has 0 saturated heterocycles. The van der Waals surface area contributed by atoms with Crippen LogP contribution >= 0.6 is 0 Å². The van der Waals surface area contributed by atoms with E-state index in [1.54, 1.807) is 22.9 Å². The molecule has 0 atom stereocenters. The number of hydrogen-bond acceptors (Lipinski definition) is 3. The fourth-order valence-corrected chi connectivity index (χ4v) is 2.00. The summed E-state index contributed by atoms with van der Waals surface area (Å²) in [7, 11) is 0. The van der Waals surface area contributed by atoms with E-state index in [0.29, 0.717) is 17.0 Å². The summed E-state index contributed by atoms with van der Waals surface area (Å²) < 4.78 is 1.54. The van der Waals surface area contributed by atoms with Gasteiger partial charge in [0.25, 0.3) is 0 Å². The number of H-pyrrole nitrogens is 1. The SMILES string of the molecule is Cc1ccnc(-n2c(=O)[nH]c3cc(N)ccc32)c1. The molecule has 0 unspecified atom stereocenters. The highest BCUT2D eigenvalue weighted by atomic mass is 16.1. The van der Waals surface area contributed by atoms with Crippen LogP contribution in [-0.2, 0) is 0 Å². The molecular weight excluding hydrogens is 228 g/mol. The fourth-order valence-electron chi connectivity index (χ4n) is 2.00. The van der Waals surface area contributed by atoms with Gasteiger partial charge >= 0.3 is 5.69 Å². The lowest BCUT2D eigenvalue weighted by Crippen LogP contribution is -2.15. The van der Waals surface area contributed by atoms with Crippen LogP contribution in [0.4, 0.5) is 5.69 Å². The largest absolute Gasteiger partial charge is 0.399 e. The van der Waals surface area contributed by atoms with Crippen molar-refractivity contribution in [1.82, 2.24) is 14.5 Å². The summed E-state index contributed by atoms with van der Waals surface area (Å²) in [5.74, 6) is 0.607. The van der Waals surface area contributed by atoms with Crippen molar-refractivity contribution in [3.8, 4) is 5.82 Å². The third-order valence-electron chi connectivity index (χ3n) is 2.84. The van der Waals surface area contributed by atoms with Gasteiger partial charge in [-0.05, 0) is 42.8 Å². The standard InChI is InChI=1S/C13H12N4O/c1-8-4-5-15-12(6-8)17-11-3-2-9(14)7-10(11)16-13(17)18/h2-7H,14H2,1H3,(H,16,18). The average molecular weight is 240 g/mol. The Kier molecular flexibility index (Phi) is 2.19. The third kappa shape index (κ3) is 1.57. The van der Waals surface area contributed by atoms with E-state index in [-0.39, 0.29) is 5.69 Å². The van der Waals surface area contributed by atoms with Gasteiger partial charge in [0.2, 0.25) is 0 Å². The number of fused-ring (bicyclic) bond motifs is 1. The van der Waals surface area contributed by atoms with Crippen LogP contribution in [0.15, 0.2) is 41.3 Å². The Bertz CT molecular complexity index is 785. The Morgan fingerprint density at radius 3 is 2.89 bits per heavy atom. The molecule has 2 heterocycles. The number of pyridine rings is 1. The number of hydrogen-bond donors (Lipinski definition) is 2. The summed E-state index contributed by atoms with van der Waals surface area (Å²) in [5, 5.41) is 0. The summed E-state index contributed by atoms with van der Waals surface area (Å²) in [6.07, 6.45) is 1.69. The molecule has 3 N–H and O–H groups in total.